The predicted molar refractivity (Wildman–Crippen MR) is 84.3 cm³/mol. The first kappa shape index (κ1) is 18.3. The number of allylic oxidation sites excluding steroid dienone is 1. The van der Waals surface area contributed by atoms with Crippen LogP contribution in [0.2, 0.25) is 0 Å². The van der Waals surface area contributed by atoms with E-state index >= 15 is 0 Å². The van der Waals surface area contributed by atoms with Crippen molar-refractivity contribution in [2.45, 2.75) is 45.6 Å². The Morgan fingerprint density at radius 3 is 2.32 bits per heavy atom. The Bertz CT molecular complexity index is 418. The number of piperidine rings is 1. The Kier molecular flexibility index (Phi) is 6.71. The Labute approximate surface area is 132 Å². The molecular formula is C16H28N2O4. The fourth-order valence-electron chi connectivity index (χ4n) is 2.36. The molecule has 0 unspecified atom stereocenters. The molecule has 126 valence electrons. The molecular weight excluding hydrogens is 284 g/mol. The van der Waals surface area contributed by atoms with Crippen molar-refractivity contribution < 1.29 is 19.1 Å². The van der Waals surface area contributed by atoms with Crippen molar-refractivity contribution in [2.24, 2.45) is 5.92 Å². The molecule has 1 amide bonds. The van der Waals surface area contributed by atoms with Gasteiger partial charge in [0.05, 0.1) is 7.11 Å². The molecule has 6 heteroatoms. The molecule has 6 nitrogen and oxygen atoms in total. The van der Waals surface area contributed by atoms with Gasteiger partial charge in [-0.15, -0.1) is 0 Å². The number of ether oxygens (including phenoxy) is 2. The molecule has 1 aliphatic rings. The standard InChI is InChI=1S/C16H28N2O4/c1-16(2,3)22-15(20)18-10-8-12(9-11-18)6-7-13(17-4)14(19)21-5/h7,12,17H,6,8-11H2,1-5H3/b13-7-. The predicted octanol–water partition coefficient (Wildman–Crippen LogP) is 2.30. The quantitative estimate of drug-likeness (QED) is 0.637. The lowest BCUT2D eigenvalue weighted by atomic mass is 9.93. The zero-order valence-electron chi connectivity index (χ0n) is 14.3. The van der Waals surface area contributed by atoms with Crippen molar-refractivity contribution >= 4 is 12.1 Å². The highest BCUT2D eigenvalue weighted by atomic mass is 16.6. The van der Waals surface area contributed by atoms with Crippen molar-refractivity contribution in [1.82, 2.24) is 10.2 Å². The van der Waals surface area contributed by atoms with Crippen LogP contribution in [0.25, 0.3) is 0 Å². The number of nitrogens with zero attached hydrogens (tertiary/aromatic N) is 1. The van der Waals surface area contributed by atoms with Gasteiger partial charge in [-0.05, 0) is 46.0 Å². The summed E-state index contributed by atoms with van der Waals surface area (Å²) in [4.78, 5) is 25.2. The number of likely N-dealkylation sites (N-methyl/N-ethyl adjacent to an activating group) is 1. The van der Waals surface area contributed by atoms with Crippen molar-refractivity contribution in [3.63, 3.8) is 0 Å². The van der Waals surface area contributed by atoms with Crippen LogP contribution in [0.1, 0.15) is 40.0 Å². The molecule has 22 heavy (non-hydrogen) atoms. The number of nitrogens with one attached hydrogen (secondary N) is 1. The van der Waals surface area contributed by atoms with E-state index in [1.54, 1.807) is 11.9 Å². The van der Waals surface area contributed by atoms with E-state index in [4.69, 9.17) is 9.47 Å². The maximum absolute atomic E-state index is 12.0. The van der Waals surface area contributed by atoms with Gasteiger partial charge in [-0.25, -0.2) is 9.59 Å². The van der Waals surface area contributed by atoms with E-state index in [1.807, 2.05) is 26.8 Å². The maximum atomic E-state index is 12.0. The van der Waals surface area contributed by atoms with Gasteiger partial charge in [-0.1, -0.05) is 6.08 Å². The number of amides is 1. The lowest BCUT2D eigenvalue weighted by Crippen LogP contribution is -2.41. The number of esters is 1. The maximum Gasteiger partial charge on any atom is 0.410 e. The molecule has 1 fully saturated rings. The summed E-state index contributed by atoms with van der Waals surface area (Å²) in [6, 6.07) is 0. The number of hydrogen-bond acceptors (Lipinski definition) is 5. The molecule has 0 bridgehead atoms. The van der Waals surface area contributed by atoms with Crippen molar-refractivity contribution in [1.29, 1.82) is 0 Å². The summed E-state index contributed by atoms with van der Waals surface area (Å²) in [5.74, 6) is 0.111. The van der Waals surface area contributed by atoms with Gasteiger partial charge >= 0.3 is 12.1 Å². The van der Waals surface area contributed by atoms with Gasteiger partial charge in [0.1, 0.15) is 11.3 Å². The first-order valence-electron chi connectivity index (χ1n) is 7.71. The normalized spacial score (nSPS) is 17.1. The minimum atomic E-state index is -0.459. The molecule has 0 aromatic rings. The monoisotopic (exact) mass is 312 g/mol. The SMILES string of the molecule is CN/C(=C\CC1CCN(C(=O)OC(C)(C)C)CC1)C(=O)OC. The summed E-state index contributed by atoms with van der Waals surface area (Å²) in [6.45, 7) is 7.00. The minimum Gasteiger partial charge on any atom is -0.464 e. The molecule has 1 aliphatic heterocycles. The zero-order chi connectivity index (χ0) is 16.8. The molecule has 0 aromatic heterocycles. The fourth-order valence-corrected chi connectivity index (χ4v) is 2.36. The molecule has 0 aromatic carbocycles. The molecule has 1 rings (SSSR count). The van der Waals surface area contributed by atoms with E-state index < -0.39 is 5.60 Å². The molecule has 0 aliphatic carbocycles. The topological polar surface area (TPSA) is 67.9 Å². The van der Waals surface area contributed by atoms with Crippen LogP contribution < -0.4 is 5.32 Å². The number of carbonyl (C=O) groups excluding carboxylic acids is 2. The summed E-state index contributed by atoms with van der Waals surface area (Å²) in [7, 11) is 3.07. The van der Waals surface area contributed by atoms with Gasteiger partial charge in [0, 0.05) is 20.1 Å². The van der Waals surface area contributed by atoms with E-state index in [9.17, 15) is 9.59 Å². The van der Waals surface area contributed by atoms with Crippen molar-refractivity contribution in [3.05, 3.63) is 11.8 Å². The Balaban J connectivity index is 2.44. The summed E-state index contributed by atoms with van der Waals surface area (Å²) >= 11 is 0. The highest BCUT2D eigenvalue weighted by Crippen LogP contribution is 2.23. The van der Waals surface area contributed by atoms with E-state index in [0.717, 1.165) is 19.3 Å². The smallest absolute Gasteiger partial charge is 0.410 e. The van der Waals surface area contributed by atoms with Crippen LogP contribution in [-0.4, -0.2) is 49.8 Å². The van der Waals surface area contributed by atoms with Crippen LogP contribution in [0.4, 0.5) is 4.79 Å². The average molecular weight is 312 g/mol. The third-order valence-corrected chi connectivity index (χ3v) is 3.60. The number of rotatable bonds is 4. The lowest BCUT2D eigenvalue weighted by Gasteiger charge is -2.33. The van der Waals surface area contributed by atoms with Gasteiger partial charge in [0.2, 0.25) is 0 Å². The third kappa shape index (κ3) is 5.95. The van der Waals surface area contributed by atoms with Crippen molar-refractivity contribution in [3.8, 4) is 0 Å². The van der Waals surface area contributed by atoms with Crippen LogP contribution in [0, 0.1) is 5.92 Å². The fraction of sp³-hybridized carbons (Fsp3) is 0.750. The van der Waals surface area contributed by atoms with Crippen LogP contribution in [0.15, 0.2) is 11.8 Å². The number of carbonyl (C=O) groups is 2. The molecule has 1 heterocycles. The van der Waals surface area contributed by atoms with Crippen molar-refractivity contribution in [2.75, 3.05) is 27.2 Å². The third-order valence-electron chi connectivity index (χ3n) is 3.60. The van der Waals surface area contributed by atoms with E-state index in [0.29, 0.717) is 24.7 Å². The molecule has 1 saturated heterocycles. The van der Waals surface area contributed by atoms with E-state index in [-0.39, 0.29) is 12.1 Å². The average Bonchev–Trinajstić information content (AvgIpc) is 2.46. The Morgan fingerprint density at radius 2 is 1.86 bits per heavy atom. The molecule has 0 spiro atoms. The molecule has 1 N–H and O–H groups in total. The molecule has 0 atom stereocenters. The molecule has 0 saturated carbocycles. The zero-order valence-corrected chi connectivity index (χ0v) is 14.3. The van der Waals surface area contributed by atoms with Gasteiger partial charge in [-0.3, -0.25) is 0 Å². The Morgan fingerprint density at radius 1 is 1.27 bits per heavy atom. The van der Waals surface area contributed by atoms with Crippen LogP contribution >= 0.6 is 0 Å². The van der Waals surface area contributed by atoms with Gasteiger partial charge in [-0.2, -0.15) is 0 Å². The van der Waals surface area contributed by atoms with Crippen LogP contribution in [0.3, 0.4) is 0 Å². The number of methoxy groups -OCH3 is 1. The first-order valence-corrected chi connectivity index (χ1v) is 7.71. The highest BCUT2D eigenvalue weighted by Gasteiger charge is 2.26. The summed E-state index contributed by atoms with van der Waals surface area (Å²) in [5.41, 5.74) is 0.0240. The van der Waals surface area contributed by atoms with E-state index in [2.05, 4.69) is 5.32 Å². The van der Waals surface area contributed by atoms with Crippen LogP contribution in [0.5, 0.6) is 0 Å². The van der Waals surface area contributed by atoms with Gasteiger partial charge in [0.15, 0.2) is 0 Å². The highest BCUT2D eigenvalue weighted by molar-refractivity contribution is 5.87. The molecule has 0 radical (unpaired) electrons. The summed E-state index contributed by atoms with van der Waals surface area (Å²) in [6.07, 6.45) is 4.25. The summed E-state index contributed by atoms with van der Waals surface area (Å²) < 4.78 is 10.1. The summed E-state index contributed by atoms with van der Waals surface area (Å²) in [5, 5.41) is 2.85. The first-order chi connectivity index (χ1) is 10.3. The second-order valence-electron chi connectivity index (χ2n) is 6.51. The minimum absolute atomic E-state index is 0.244. The van der Waals surface area contributed by atoms with Gasteiger partial charge in [0.25, 0.3) is 0 Å². The van der Waals surface area contributed by atoms with Crippen LogP contribution in [-0.2, 0) is 14.3 Å². The lowest BCUT2D eigenvalue weighted by molar-refractivity contribution is -0.136. The second kappa shape index (κ2) is 8.06. The Hall–Kier alpha value is -1.72. The number of likely N-dealkylation sites (tertiary alicyclic amines) is 1. The van der Waals surface area contributed by atoms with E-state index in [1.165, 1.54) is 7.11 Å². The number of hydrogen-bond donors (Lipinski definition) is 1. The van der Waals surface area contributed by atoms with Gasteiger partial charge < -0.3 is 19.7 Å². The second-order valence-corrected chi connectivity index (χ2v) is 6.51. The largest absolute Gasteiger partial charge is 0.464 e.